The molecular formula is C22H21N7O2S2. The maximum absolute atomic E-state index is 13.1. The number of nitrogens with two attached hydrogens (primary N) is 1. The Morgan fingerprint density at radius 2 is 1.91 bits per heavy atom. The minimum absolute atomic E-state index is 0.144. The normalized spacial score (nSPS) is 23.3. The van der Waals surface area contributed by atoms with Gasteiger partial charge in [0.1, 0.15) is 5.69 Å². The molecular weight excluding hydrogens is 458 g/mol. The summed E-state index contributed by atoms with van der Waals surface area (Å²) >= 11 is 1.40. The van der Waals surface area contributed by atoms with Crippen LogP contribution in [-0.2, 0) is 10.0 Å². The van der Waals surface area contributed by atoms with E-state index in [1.807, 2.05) is 13.2 Å². The molecule has 0 amide bonds. The van der Waals surface area contributed by atoms with Gasteiger partial charge in [0.2, 0.25) is 10.0 Å². The van der Waals surface area contributed by atoms with Crippen molar-refractivity contribution in [2.24, 2.45) is 5.41 Å². The summed E-state index contributed by atoms with van der Waals surface area (Å²) in [6.45, 7) is 1.88. The van der Waals surface area contributed by atoms with Crippen molar-refractivity contribution in [1.29, 1.82) is 5.26 Å². The number of anilines is 1. The fraction of sp³-hybridized carbons (Fsp3) is 0.318. The van der Waals surface area contributed by atoms with E-state index in [1.54, 1.807) is 30.5 Å². The van der Waals surface area contributed by atoms with Gasteiger partial charge in [0, 0.05) is 17.3 Å². The maximum Gasteiger partial charge on any atom is 0.241 e. The quantitative estimate of drug-likeness (QED) is 0.402. The largest absolute Gasteiger partial charge is 0.382 e. The van der Waals surface area contributed by atoms with Gasteiger partial charge in [-0.1, -0.05) is 17.8 Å². The van der Waals surface area contributed by atoms with E-state index in [0.29, 0.717) is 47.1 Å². The molecule has 2 bridgehead atoms. The number of aromatic nitrogens is 4. The summed E-state index contributed by atoms with van der Waals surface area (Å²) in [6.07, 6.45) is 6.74. The van der Waals surface area contributed by atoms with Gasteiger partial charge in [-0.05, 0) is 56.2 Å². The summed E-state index contributed by atoms with van der Waals surface area (Å²) in [7, 11) is -3.76. The lowest BCUT2D eigenvalue weighted by molar-refractivity contribution is -0.0946. The highest BCUT2D eigenvalue weighted by molar-refractivity contribution is 7.98. The van der Waals surface area contributed by atoms with Gasteiger partial charge >= 0.3 is 0 Å². The van der Waals surface area contributed by atoms with Gasteiger partial charge in [-0.2, -0.15) is 5.26 Å². The molecule has 3 fully saturated rings. The van der Waals surface area contributed by atoms with E-state index >= 15 is 0 Å². The molecule has 0 spiro atoms. The van der Waals surface area contributed by atoms with Crippen molar-refractivity contribution in [1.82, 2.24) is 24.7 Å². The first-order valence-electron chi connectivity index (χ1n) is 10.2. The highest BCUT2D eigenvalue weighted by Gasteiger charge is 2.69. The highest BCUT2D eigenvalue weighted by Crippen LogP contribution is 2.67. The first kappa shape index (κ1) is 21.8. The van der Waals surface area contributed by atoms with Crippen LogP contribution in [-0.4, -0.2) is 40.1 Å². The molecule has 2 heterocycles. The van der Waals surface area contributed by atoms with Crippen LogP contribution in [0.2, 0.25) is 0 Å². The number of hydrogen-bond acceptors (Lipinski definition) is 9. The van der Waals surface area contributed by atoms with Crippen LogP contribution >= 0.6 is 11.8 Å². The molecule has 3 aliphatic carbocycles. The van der Waals surface area contributed by atoms with E-state index in [-0.39, 0.29) is 16.1 Å². The van der Waals surface area contributed by atoms with E-state index in [4.69, 9.17) is 5.73 Å². The summed E-state index contributed by atoms with van der Waals surface area (Å²) in [6, 6.07) is 8.92. The van der Waals surface area contributed by atoms with Crippen LogP contribution < -0.4 is 10.5 Å². The van der Waals surface area contributed by atoms with E-state index in [9.17, 15) is 13.7 Å². The molecule has 168 valence electrons. The lowest BCUT2D eigenvalue weighted by atomic mass is 9.40. The summed E-state index contributed by atoms with van der Waals surface area (Å²) in [5.74, 6) is 0.225. The van der Waals surface area contributed by atoms with E-state index in [0.717, 1.165) is 5.56 Å². The molecule has 3 aromatic rings. The van der Waals surface area contributed by atoms with Crippen molar-refractivity contribution in [2.45, 2.75) is 41.8 Å². The van der Waals surface area contributed by atoms with E-state index in [2.05, 4.69) is 30.7 Å². The van der Waals surface area contributed by atoms with Crippen LogP contribution in [0.5, 0.6) is 0 Å². The first-order valence-corrected chi connectivity index (χ1v) is 13.0. The van der Waals surface area contributed by atoms with Crippen LogP contribution in [0.25, 0.3) is 22.6 Å². The summed E-state index contributed by atoms with van der Waals surface area (Å²) in [5.41, 5.74) is 8.17. The molecule has 0 unspecified atom stereocenters. The van der Waals surface area contributed by atoms with Crippen LogP contribution in [0, 0.1) is 23.7 Å². The highest BCUT2D eigenvalue weighted by atomic mass is 32.2. The number of benzene rings is 1. The van der Waals surface area contributed by atoms with Crippen molar-refractivity contribution < 1.29 is 8.42 Å². The van der Waals surface area contributed by atoms with Crippen molar-refractivity contribution in [2.75, 3.05) is 12.0 Å². The monoisotopic (exact) mass is 479 g/mol. The molecule has 1 aromatic carbocycles. The predicted octanol–water partition coefficient (Wildman–Crippen LogP) is 2.94. The number of nitrogens with zero attached hydrogens (tertiary/aromatic N) is 5. The van der Waals surface area contributed by atoms with E-state index < -0.39 is 15.6 Å². The number of thioether (sulfide) groups is 1. The Kier molecular flexibility index (Phi) is 4.93. The summed E-state index contributed by atoms with van der Waals surface area (Å²) < 4.78 is 29.0. The van der Waals surface area contributed by atoms with Crippen molar-refractivity contribution >= 4 is 27.6 Å². The average Bonchev–Trinajstić information content (AvgIpc) is 2.76. The van der Waals surface area contributed by atoms with Gasteiger partial charge < -0.3 is 5.73 Å². The summed E-state index contributed by atoms with van der Waals surface area (Å²) in [4.78, 5) is 17.7. The number of sulfonamides is 1. The molecule has 11 heteroatoms. The van der Waals surface area contributed by atoms with Gasteiger partial charge in [0.25, 0.3) is 0 Å². The van der Waals surface area contributed by atoms with Gasteiger partial charge in [-0.25, -0.2) is 33.1 Å². The van der Waals surface area contributed by atoms with Crippen LogP contribution in [0.4, 0.5) is 5.82 Å². The molecule has 0 atom stereocenters. The third kappa shape index (κ3) is 3.64. The van der Waals surface area contributed by atoms with E-state index in [1.165, 1.54) is 18.0 Å². The Labute approximate surface area is 195 Å². The molecule has 2 aromatic heterocycles. The molecule has 0 aliphatic heterocycles. The predicted molar refractivity (Wildman–Crippen MR) is 124 cm³/mol. The average molecular weight is 480 g/mol. The van der Waals surface area contributed by atoms with Gasteiger partial charge in [-0.3, -0.25) is 0 Å². The zero-order valence-electron chi connectivity index (χ0n) is 18.0. The molecule has 0 saturated heterocycles. The standard InChI is InChI=1S/C22H21N7O2S2/c1-13-3-4-14(33(30,31)29-22-9-21(10-22,11-22)12-23)7-15(13)17-8-26-19(24)18(27-17)16-5-6-25-20(28-16)32-2/h3-8,29H,9-11H2,1-2H3,(H2,24,26). The second kappa shape index (κ2) is 7.48. The Morgan fingerprint density at radius 1 is 1.15 bits per heavy atom. The molecule has 3 saturated carbocycles. The van der Waals surface area contributed by atoms with Crippen LogP contribution in [0.3, 0.4) is 0 Å². The van der Waals surface area contributed by atoms with Crippen LogP contribution in [0.15, 0.2) is 46.7 Å². The number of nitrogen functional groups attached to an aromatic ring is 1. The fourth-order valence-electron chi connectivity index (χ4n) is 4.69. The second-order valence-corrected chi connectivity index (χ2v) is 11.2. The Hall–Kier alpha value is -3.07. The van der Waals surface area contributed by atoms with Crippen molar-refractivity contribution in [3.05, 3.63) is 42.2 Å². The molecule has 9 nitrogen and oxygen atoms in total. The van der Waals surface area contributed by atoms with Crippen molar-refractivity contribution in [3.8, 4) is 28.7 Å². The SMILES string of the molecule is CSc1nccc(-c2nc(-c3cc(S(=O)(=O)NC45CC(C#N)(C4)C5)ccc3C)cnc2N)n1. The molecule has 6 rings (SSSR count). The minimum atomic E-state index is -3.76. The molecule has 3 N–H and O–H groups in total. The second-order valence-electron chi connectivity index (χ2n) is 8.70. The zero-order chi connectivity index (χ0) is 23.4. The lowest BCUT2D eigenvalue weighted by Gasteiger charge is -2.66. The third-order valence-corrected chi connectivity index (χ3v) is 8.41. The molecule has 33 heavy (non-hydrogen) atoms. The summed E-state index contributed by atoms with van der Waals surface area (Å²) in [5, 5.41) is 9.79. The number of nitrogens with one attached hydrogen (secondary N) is 1. The van der Waals surface area contributed by atoms with Gasteiger partial charge in [-0.15, -0.1) is 0 Å². The number of hydrogen-bond donors (Lipinski definition) is 2. The van der Waals surface area contributed by atoms with Crippen LogP contribution in [0.1, 0.15) is 24.8 Å². The number of aryl methyl sites for hydroxylation is 1. The first-order chi connectivity index (χ1) is 15.7. The number of rotatable bonds is 6. The molecule has 0 radical (unpaired) electrons. The van der Waals surface area contributed by atoms with Gasteiger partial charge in [0.15, 0.2) is 11.0 Å². The molecule has 3 aliphatic rings. The minimum Gasteiger partial charge on any atom is -0.382 e. The topological polar surface area (TPSA) is 148 Å². The number of nitriles is 1. The van der Waals surface area contributed by atoms with Crippen molar-refractivity contribution in [3.63, 3.8) is 0 Å². The Morgan fingerprint density at radius 3 is 2.61 bits per heavy atom. The third-order valence-electron chi connectivity index (χ3n) is 6.27. The van der Waals surface area contributed by atoms with Gasteiger partial charge in [0.05, 0.1) is 34.0 Å². The maximum atomic E-state index is 13.1. The lowest BCUT2D eigenvalue weighted by Crippen LogP contribution is -2.74. The fourth-order valence-corrected chi connectivity index (χ4v) is 6.47. The Bertz CT molecular complexity index is 1410. The Balaban J connectivity index is 1.49. The smallest absolute Gasteiger partial charge is 0.241 e. The zero-order valence-corrected chi connectivity index (χ0v) is 19.7.